The number of hydrogen-bond donors (Lipinski definition) is 0. The molecule has 0 unspecified atom stereocenters. The molecule has 0 atom stereocenters. The van der Waals surface area contributed by atoms with Gasteiger partial charge in [-0.25, -0.2) is 0 Å². The van der Waals surface area contributed by atoms with Crippen LogP contribution in [0.5, 0.6) is 0 Å². The van der Waals surface area contributed by atoms with Crippen molar-refractivity contribution < 1.29 is 0 Å². The summed E-state index contributed by atoms with van der Waals surface area (Å²) in [6.45, 7) is 0. The van der Waals surface area contributed by atoms with Crippen LogP contribution in [-0.2, 0) is 6.42 Å². The van der Waals surface area contributed by atoms with Gasteiger partial charge in [-0.1, -0.05) is 91.0 Å². The number of allylic oxidation sites excluding steroid dienone is 1. The topological polar surface area (TPSA) is 8.17 Å². The second-order valence-electron chi connectivity index (χ2n) is 11.3. The molecule has 1 aromatic heterocycles. The summed E-state index contributed by atoms with van der Waals surface area (Å²) in [5.41, 5.74) is 15.3. The maximum absolute atomic E-state index is 2.48. The summed E-state index contributed by atoms with van der Waals surface area (Å²) in [6, 6.07) is 50.9. The fraction of sp³-hybridized carbons (Fsp3) is 0.0500. The molecular weight excluding hydrogens is 508 g/mol. The maximum Gasteiger partial charge on any atom is 0.0568 e. The van der Waals surface area contributed by atoms with Crippen molar-refractivity contribution in [2.75, 3.05) is 4.90 Å². The summed E-state index contributed by atoms with van der Waals surface area (Å²) in [7, 11) is 0. The highest BCUT2D eigenvalue weighted by Gasteiger charge is 2.30. The van der Waals surface area contributed by atoms with Crippen LogP contribution in [0.1, 0.15) is 23.1 Å². The average Bonchev–Trinajstić information content (AvgIpc) is 3.34. The number of para-hydroxylation sites is 3. The van der Waals surface area contributed by atoms with Crippen LogP contribution in [0, 0.1) is 0 Å². The maximum atomic E-state index is 2.48. The molecule has 2 aliphatic carbocycles. The second kappa shape index (κ2) is 9.09. The molecular formula is C40H28N2. The highest BCUT2D eigenvalue weighted by Crippen LogP contribution is 2.52. The molecule has 0 fully saturated rings. The molecule has 7 aromatic rings. The van der Waals surface area contributed by atoms with Gasteiger partial charge in [0.1, 0.15) is 0 Å². The average molecular weight is 537 g/mol. The van der Waals surface area contributed by atoms with Crippen molar-refractivity contribution in [3.05, 3.63) is 162 Å². The van der Waals surface area contributed by atoms with Gasteiger partial charge >= 0.3 is 0 Å². The Labute approximate surface area is 245 Å². The van der Waals surface area contributed by atoms with Crippen LogP contribution in [0.4, 0.5) is 17.1 Å². The Balaban J connectivity index is 1.48. The van der Waals surface area contributed by atoms with Crippen LogP contribution < -0.4 is 4.90 Å². The SMILES string of the molecule is C1=C2c3ccccc3-c3cc(N(c4ccccc4)c4ccccc4)cc4c3c3c2c(ccc3n4-c2ccccc2)CC1. The first-order chi connectivity index (χ1) is 20.9. The molecule has 0 saturated heterocycles. The van der Waals surface area contributed by atoms with Crippen LogP contribution in [0.15, 0.2) is 146 Å². The van der Waals surface area contributed by atoms with Crippen molar-refractivity contribution in [3.63, 3.8) is 0 Å². The van der Waals surface area contributed by atoms with E-state index in [1.54, 1.807) is 0 Å². The molecule has 9 rings (SSSR count). The Bertz CT molecular complexity index is 2130. The normalized spacial score (nSPS) is 13.2. The largest absolute Gasteiger partial charge is 0.310 e. The number of hydrogen-bond acceptors (Lipinski definition) is 1. The van der Waals surface area contributed by atoms with Gasteiger partial charge < -0.3 is 9.47 Å². The molecule has 0 bridgehead atoms. The quantitative estimate of drug-likeness (QED) is 0.217. The summed E-state index contributed by atoms with van der Waals surface area (Å²) < 4.78 is 2.48. The van der Waals surface area contributed by atoms with Crippen molar-refractivity contribution >= 4 is 44.4 Å². The first kappa shape index (κ1) is 23.4. The monoisotopic (exact) mass is 536 g/mol. The molecule has 0 radical (unpaired) electrons. The number of anilines is 3. The van der Waals surface area contributed by atoms with E-state index in [4.69, 9.17) is 0 Å². The lowest BCUT2D eigenvalue weighted by Crippen LogP contribution is -2.10. The first-order valence-corrected chi connectivity index (χ1v) is 14.8. The third-order valence-corrected chi connectivity index (χ3v) is 8.94. The van der Waals surface area contributed by atoms with E-state index in [2.05, 4.69) is 155 Å². The Kier molecular flexibility index (Phi) is 5.06. The lowest BCUT2D eigenvalue weighted by molar-refractivity contribution is 0.982. The minimum Gasteiger partial charge on any atom is -0.310 e. The van der Waals surface area contributed by atoms with Crippen molar-refractivity contribution in [2.45, 2.75) is 12.8 Å². The number of fused-ring (bicyclic) bond motifs is 3. The predicted molar refractivity (Wildman–Crippen MR) is 176 cm³/mol. The van der Waals surface area contributed by atoms with Gasteiger partial charge in [0.2, 0.25) is 0 Å². The molecule has 0 amide bonds. The molecule has 2 aliphatic rings. The van der Waals surface area contributed by atoms with Crippen molar-refractivity contribution in [2.24, 2.45) is 0 Å². The Morgan fingerprint density at radius 1 is 0.500 bits per heavy atom. The van der Waals surface area contributed by atoms with E-state index < -0.39 is 0 Å². The van der Waals surface area contributed by atoms with Gasteiger partial charge in [0, 0.05) is 33.5 Å². The number of aromatic nitrogens is 1. The number of aryl methyl sites for hydroxylation is 1. The van der Waals surface area contributed by atoms with E-state index in [0.29, 0.717) is 0 Å². The van der Waals surface area contributed by atoms with Crippen LogP contribution in [0.3, 0.4) is 0 Å². The highest BCUT2D eigenvalue weighted by atomic mass is 15.1. The van der Waals surface area contributed by atoms with Gasteiger partial charge in [-0.15, -0.1) is 0 Å². The minimum atomic E-state index is 1.07. The minimum absolute atomic E-state index is 1.07. The van der Waals surface area contributed by atoms with Crippen molar-refractivity contribution in [3.8, 4) is 16.8 Å². The smallest absolute Gasteiger partial charge is 0.0568 e. The van der Waals surface area contributed by atoms with Gasteiger partial charge in [-0.05, 0) is 101 Å². The van der Waals surface area contributed by atoms with Gasteiger partial charge in [0.15, 0.2) is 0 Å². The zero-order chi connectivity index (χ0) is 27.6. The lowest BCUT2D eigenvalue weighted by Gasteiger charge is -2.27. The molecule has 2 heteroatoms. The van der Waals surface area contributed by atoms with E-state index in [1.165, 1.54) is 60.9 Å². The number of nitrogens with zero attached hydrogens (tertiary/aromatic N) is 2. The molecule has 0 N–H and O–H groups in total. The van der Waals surface area contributed by atoms with E-state index in [1.807, 2.05) is 0 Å². The van der Waals surface area contributed by atoms with Crippen molar-refractivity contribution in [1.29, 1.82) is 0 Å². The second-order valence-corrected chi connectivity index (χ2v) is 11.3. The van der Waals surface area contributed by atoms with Gasteiger partial charge in [-0.3, -0.25) is 0 Å². The predicted octanol–water partition coefficient (Wildman–Crippen LogP) is 10.6. The van der Waals surface area contributed by atoms with Crippen LogP contribution in [0.2, 0.25) is 0 Å². The molecule has 198 valence electrons. The van der Waals surface area contributed by atoms with E-state index in [9.17, 15) is 0 Å². The van der Waals surface area contributed by atoms with Crippen LogP contribution >= 0.6 is 0 Å². The summed E-state index contributed by atoms with van der Waals surface area (Å²) in [4.78, 5) is 2.39. The number of rotatable bonds is 4. The molecule has 6 aromatic carbocycles. The van der Waals surface area contributed by atoms with E-state index in [0.717, 1.165) is 29.9 Å². The summed E-state index contributed by atoms with van der Waals surface area (Å²) >= 11 is 0. The molecule has 1 heterocycles. The summed E-state index contributed by atoms with van der Waals surface area (Å²) in [6.07, 6.45) is 4.62. The molecule has 2 nitrogen and oxygen atoms in total. The fourth-order valence-electron chi connectivity index (χ4n) is 7.24. The Morgan fingerprint density at radius 3 is 1.86 bits per heavy atom. The Morgan fingerprint density at radius 2 is 1.14 bits per heavy atom. The molecule has 42 heavy (non-hydrogen) atoms. The highest BCUT2D eigenvalue weighted by molar-refractivity contribution is 6.24. The standard InChI is InChI=1S/C40H28N2/c1-4-14-28(15-5-1)41(29-16-6-2-7-17-29)31-25-35-33-21-11-10-20-32(33)34-22-12-13-27-23-24-36-40(38(27)34)39(35)37(26-31)42(36)30-18-8-3-9-19-30/h1-11,14-26H,12-13H2. The van der Waals surface area contributed by atoms with Gasteiger partial charge in [0.05, 0.1) is 11.0 Å². The molecule has 0 aliphatic heterocycles. The zero-order valence-corrected chi connectivity index (χ0v) is 23.2. The van der Waals surface area contributed by atoms with Crippen LogP contribution in [0.25, 0.3) is 44.2 Å². The third kappa shape index (κ3) is 3.33. The van der Waals surface area contributed by atoms with E-state index in [-0.39, 0.29) is 0 Å². The fourth-order valence-corrected chi connectivity index (χ4v) is 7.24. The first-order valence-electron chi connectivity index (χ1n) is 14.8. The molecule has 0 spiro atoms. The van der Waals surface area contributed by atoms with Crippen LogP contribution in [-0.4, -0.2) is 4.57 Å². The summed E-state index contributed by atoms with van der Waals surface area (Å²) in [5, 5.41) is 2.72. The lowest BCUT2D eigenvalue weighted by atomic mass is 9.84. The molecule has 0 saturated carbocycles. The van der Waals surface area contributed by atoms with Crippen molar-refractivity contribution in [1.82, 2.24) is 4.57 Å². The van der Waals surface area contributed by atoms with E-state index >= 15 is 0 Å². The summed E-state index contributed by atoms with van der Waals surface area (Å²) in [5.74, 6) is 0. The van der Waals surface area contributed by atoms with Gasteiger partial charge in [0.25, 0.3) is 0 Å². The third-order valence-electron chi connectivity index (χ3n) is 8.94. The Hall–Kier alpha value is -5.34. The zero-order valence-electron chi connectivity index (χ0n) is 23.2. The number of benzene rings is 6. The van der Waals surface area contributed by atoms with Gasteiger partial charge in [-0.2, -0.15) is 0 Å².